The van der Waals surface area contributed by atoms with Crippen LogP contribution < -0.4 is 4.74 Å². The molecule has 5 heteroatoms. The zero-order valence-electron chi connectivity index (χ0n) is 17.3. The fourth-order valence-corrected chi connectivity index (χ4v) is 4.65. The molecule has 4 nitrogen and oxygen atoms in total. The van der Waals surface area contributed by atoms with Crippen molar-refractivity contribution in [3.8, 4) is 22.7 Å². The summed E-state index contributed by atoms with van der Waals surface area (Å²) in [7, 11) is 0. The zero-order chi connectivity index (χ0) is 21.3. The van der Waals surface area contributed by atoms with Gasteiger partial charge in [-0.05, 0) is 80.6 Å². The lowest BCUT2D eigenvalue weighted by molar-refractivity contribution is 0.0696. The van der Waals surface area contributed by atoms with Crippen LogP contribution in [-0.4, -0.2) is 22.2 Å². The van der Waals surface area contributed by atoms with Gasteiger partial charge < -0.3 is 14.4 Å². The largest absolute Gasteiger partial charge is 0.493 e. The molecule has 0 saturated heterocycles. The smallest absolute Gasteiger partial charge is 0.336 e. The summed E-state index contributed by atoms with van der Waals surface area (Å²) >= 11 is 3.60. The van der Waals surface area contributed by atoms with Gasteiger partial charge in [0.05, 0.1) is 17.9 Å². The number of aromatic nitrogens is 1. The number of nitrogens with zero attached hydrogens (tertiary/aromatic N) is 1. The molecule has 0 spiro atoms. The minimum Gasteiger partial charge on any atom is -0.493 e. The maximum atomic E-state index is 11.7. The van der Waals surface area contributed by atoms with Crippen molar-refractivity contribution in [2.75, 3.05) is 6.61 Å². The Morgan fingerprint density at radius 1 is 1.10 bits per heavy atom. The molecule has 30 heavy (non-hydrogen) atoms. The summed E-state index contributed by atoms with van der Waals surface area (Å²) in [4.78, 5) is 11.7. The highest BCUT2D eigenvalue weighted by Crippen LogP contribution is 2.37. The predicted octanol–water partition coefficient (Wildman–Crippen LogP) is 6.79. The lowest BCUT2D eigenvalue weighted by Crippen LogP contribution is -2.09. The number of rotatable bonds is 6. The first-order chi connectivity index (χ1) is 14.4. The van der Waals surface area contributed by atoms with Crippen LogP contribution in [0.15, 0.2) is 53.0 Å². The summed E-state index contributed by atoms with van der Waals surface area (Å²) < 4.78 is 9.35. The van der Waals surface area contributed by atoms with Gasteiger partial charge >= 0.3 is 5.97 Å². The molecule has 1 aromatic heterocycles. The van der Waals surface area contributed by atoms with E-state index in [1.807, 2.05) is 38.1 Å². The van der Waals surface area contributed by atoms with Crippen molar-refractivity contribution in [3.63, 3.8) is 0 Å². The lowest BCUT2D eigenvalue weighted by atomic mass is 10.1. The molecule has 0 unspecified atom stereocenters. The Kier molecular flexibility index (Phi) is 6.00. The van der Waals surface area contributed by atoms with E-state index in [1.54, 1.807) is 6.07 Å². The Hall–Kier alpha value is -2.53. The molecular formula is C25H26BrNO3. The van der Waals surface area contributed by atoms with E-state index in [2.05, 4.69) is 38.7 Å². The van der Waals surface area contributed by atoms with Crippen LogP contribution in [0.4, 0.5) is 0 Å². The van der Waals surface area contributed by atoms with Crippen molar-refractivity contribution in [1.82, 2.24) is 4.57 Å². The third kappa shape index (κ3) is 4.17. The quantitative estimate of drug-likeness (QED) is 0.433. The molecule has 1 saturated carbocycles. The molecule has 0 bridgehead atoms. The van der Waals surface area contributed by atoms with E-state index >= 15 is 0 Å². The maximum Gasteiger partial charge on any atom is 0.336 e. The van der Waals surface area contributed by atoms with Gasteiger partial charge in [-0.1, -0.05) is 34.8 Å². The number of hydrogen-bond donors (Lipinski definition) is 1. The SMILES string of the molecule is Cc1ccc(-n2c(C)ccc2-c2cc(Br)ccc2OCC2CCCC2)cc1C(=O)O. The second-order valence-electron chi connectivity index (χ2n) is 8.10. The number of aromatic carboxylic acids is 1. The molecule has 0 amide bonds. The number of aryl methyl sites for hydroxylation is 2. The topological polar surface area (TPSA) is 51.5 Å². The number of carboxylic acid groups (broad SMARTS) is 1. The van der Waals surface area contributed by atoms with Gasteiger partial charge in [-0.15, -0.1) is 0 Å². The summed E-state index contributed by atoms with van der Waals surface area (Å²) in [5.41, 5.74) is 4.91. The zero-order valence-corrected chi connectivity index (χ0v) is 18.9. The standard InChI is InChI=1S/C25H26BrNO3/c1-16-7-10-20(14-21(16)25(28)29)27-17(2)8-11-23(27)22-13-19(26)9-12-24(22)30-15-18-5-3-4-6-18/h7-14,18H,3-6,15H2,1-2H3,(H,28,29). The average molecular weight is 468 g/mol. The van der Waals surface area contributed by atoms with E-state index in [-0.39, 0.29) is 0 Å². The monoisotopic (exact) mass is 467 g/mol. The Morgan fingerprint density at radius 3 is 2.60 bits per heavy atom. The van der Waals surface area contributed by atoms with Gasteiger partial charge in [0.25, 0.3) is 0 Å². The van der Waals surface area contributed by atoms with Crippen LogP contribution in [0.1, 0.15) is 47.3 Å². The fraction of sp³-hybridized carbons (Fsp3) is 0.320. The fourth-order valence-electron chi connectivity index (χ4n) is 4.28. The molecule has 1 N–H and O–H groups in total. The summed E-state index contributed by atoms with van der Waals surface area (Å²) in [6, 6.07) is 15.8. The predicted molar refractivity (Wildman–Crippen MR) is 123 cm³/mol. The van der Waals surface area contributed by atoms with E-state index in [4.69, 9.17) is 4.74 Å². The van der Waals surface area contributed by atoms with E-state index < -0.39 is 5.97 Å². The first-order valence-corrected chi connectivity index (χ1v) is 11.2. The van der Waals surface area contributed by atoms with E-state index in [0.717, 1.165) is 45.0 Å². The number of carbonyl (C=O) groups is 1. The van der Waals surface area contributed by atoms with Crippen LogP contribution in [-0.2, 0) is 0 Å². The Bertz CT molecular complexity index is 1080. The van der Waals surface area contributed by atoms with Crippen LogP contribution in [0.25, 0.3) is 16.9 Å². The second kappa shape index (κ2) is 8.68. The van der Waals surface area contributed by atoms with Crippen molar-refractivity contribution in [2.45, 2.75) is 39.5 Å². The number of hydrogen-bond acceptors (Lipinski definition) is 2. The Morgan fingerprint density at radius 2 is 1.87 bits per heavy atom. The maximum absolute atomic E-state index is 11.7. The highest BCUT2D eigenvalue weighted by molar-refractivity contribution is 9.10. The molecule has 1 aliphatic rings. The van der Waals surface area contributed by atoms with Crippen LogP contribution in [0, 0.1) is 19.8 Å². The van der Waals surface area contributed by atoms with Gasteiger partial charge in [0.1, 0.15) is 5.75 Å². The van der Waals surface area contributed by atoms with Crippen LogP contribution in [0.2, 0.25) is 0 Å². The summed E-state index contributed by atoms with van der Waals surface area (Å²) in [6.07, 6.45) is 5.07. The molecule has 0 aliphatic heterocycles. The summed E-state index contributed by atoms with van der Waals surface area (Å²) in [5.74, 6) is 0.573. The van der Waals surface area contributed by atoms with Crippen molar-refractivity contribution in [2.24, 2.45) is 5.92 Å². The number of halogens is 1. The summed E-state index contributed by atoms with van der Waals surface area (Å²) in [5, 5.41) is 9.56. The lowest BCUT2D eigenvalue weighted by Gasteiger charge is -2.18. The van der Waals surface area contributed by atoms with E-state index in [0.29, 0.717) is 11.5 Å². The first kappa shape index (κ1) is 20.7. The van der Waals surface area contributed by atoms with Crippen LogP contribution >= 0.6 is 15.9 Å². The number of carboxylic acids is 1. The third-order valence-corrected chi connectivity index (χ3v) is 6.45. The normalized spacial score (nSPS) is 14.2. The molecule has 1 fully saturated rings. The van der Waals surface area contributed by atoms with Crippen molar-refractivity contribution < 1.29 is 14.6 Å². The van der Waals surface area contributed by atoms with Crippen molar-refractivity contribution in [1.29, 1.82) is 0 Å². The molecule has 156 valence electrons. The van der Waals surface area contributed by atoms with Gasteiger partial charge in [-0.3, -0.25) is 0 Å². The molecule has 0 atom stereocenters. The van der Waals surface area contributed by atoms with Crippen LogP contribution in [0.5, 0.6) is 5.75 Å². The van der Waals surface area contributed by atoms with Gasteiger partial charge in [-0.25, -0.2) is 4.79 Å². The molecule has 1 aliphatic carbocycles. The van der Waals surface area contributed by atoms with E-state index in [9.17, 15) is 9.90 Å². The van der Waals surface area contributed by atoms with Crippen LogP contribution in [0.3, 0.4) is 0 Å². The molecule has 0 radical (unpaired) electrons. The third-order valence-electron chi connectivity index (χ3n) is 5.95. The highest BCUT2D eigenvalue weighted by atomic mass is 79.9. The van der Waals surface area contributed by atoms with Gasteiger partial charge in [0.15, 0.2) is 0 Å². The molecule has 3 aromatic rings. The Labute approximate surface area is 185 Å². The molecule has 2 aromatic carbocycles. The van der Waals surface area contributed by atoms with Crippen molar-refractivity contribution >= 4 is 21.9 Å². The first-order valence-electron chi connectivity index (χ1n) is 10.4. The minimum atomic E-state index is -0.913. The van der Waals surface area contributed by atoms with Crippen molar-refractivity contribution in [3.05, 3.63) is 69.8 Å². The molecule has 1 heterocycles. The minimum absolute atomic E-state index is 0.318. The van der Waals surface area contributed by atoms with Gasteiger partial charge in [0.2, 0.25) is 0 Å². The van der Waals surface area contributed by atoms with Gasteiger partial charge in [-0.2, -0.15) is 0 Å². The van der Waals surface area contributed by atoms with Gasteiger partial charge in [0, 0.05) is 21.4 Å². The van der Waals surface area contributed by atoms with E-state index in [1.165, 1.54) is 25.7 Å². The summed E-state index contributed by atoms with van der Waals surface area (Å²) in [6.45, 7) is 4.59. The number of benzene rings is 2. The Balaban J connectivity index is 1.76. The second-order valence-corrected chi connectivity index (χ2v) is 9.02. The average Bonchev–Trinajstić information content (AvgIpc) is 3.37. The molecule has 4 rings (SSSR count). The molecular weight excluding hydrogens is 442 g/mol. The number of ether oxygens (including phenoxy) is 1. The highest BCUT2D eigenvalue weighted by Gasteiger charge is 2.19.